The van der Waals surface area contributed by atoms with Gasteiger partial charge in [-0.3, -0.25) is 14.4 Å². The van der Waals surface area contributed by atoms with Crippen LogP contribution in [0.25, 0.3) is 0 Å². The second-order valence-electron chi connectivity index (χ2n) is 7.76. The van der Waals surface area contributed by atoms with Crippen molar-refractivity contribution in [2.45, 2.75) is 20.3 Å². The summed E-state index contributed by atoms with van der Waals surface area (Å²) in [5.74, 6) is -0.108. The van der Waals surface area contributed by atoms with E-state index in [1.165, 1.54) is 16.9 Å². The highest BCUT2D eigenvalue weighted by Crippen LogP contribution is 2.29. The number of benzene rings is 2. The molecule has 1 aliphatic rings. The Morgan fingerprint density at radius 2 is 1.78 bits per heavy atom. The van der Waals surface area contributed by atoms with E-state index in [1.807, 2.05) is 32.0 Å². The lowest BCUT2D eigenvalue weighted by atomic mass is 10.1. The van der Waals surface area contributed by atoms with E-state index >= 15 is 0 Å². The van der Waals surface area contributed by atoms with Crippen molar-refractivity contribution in [1.29, 1.82) is 0 Å². The highest BCUT2D eigenvalue weighted by molar-refractivity contribution is 7.12. The summed E-state index contributed by atoms with van der Waals surface area (Å²) in [7, 11) is 0. The van der Waals surface area contributed by atoms with Gasteiger partial charge in [0, 0.05) is 18.7 Å². The van der Waals surface area contributed by atoms with Crippen molar-refractivity contribution >= 4 is 34.7 Å². The third kappa shape index (κ3) is 4.89. The van der Waals surface area contributed by atoms with Gasteiger partial charge >= 0.3 is 5.97 Å². The van der Waals surface area contributed by atoms with Crippen LogP contribution >= 0.6 is 11.3 Å². The third-order valence-corrected chi connectivity index (χ3v) is 6.37. The first-order valence-corrected chi connectivity index (χ1v) is 11.2. The van der Waals surface area contributed by atoms with Gasteiger partial charge in [-0.15, -0.1) is 11.3 Å². The monoisotopic (exact) mass is 449 g/mol. The summed E-state index contributed by atoms with van der Waals surface area (Å²) in [6.07, 6.45) is 0.0624. The minimum atomic E-state index is -0.593. The molecule has 0 N–H and O–H groups in total. The first kappa shape index (κ1) is 21.8. The fourth-order valence-corrected chi connectivity index (χ4v) is 4.14. The number of hydrogen-bond donors (Lipinski definition) is 0. The van der Waals surface area contributed by atoms with E-state index in [0.717, 1.165) is 11.3 Å². The van der Waals surface area contributed by atoms with Crippen LogP contribution < -0.4 is 9.64 Å². The second kappa shape index (κ2) is 9.36. The largest absolute Gasteiger partial charge is 0.457 e. The molecule has 6 nitrogen and oxygen atoms in total. The van der Waals surface area contributed by atoms with Gasteiger partial charge in [-0.25, -0.2) is 0 Å². The average molecular weight is 450 g/mol. The van der Waals surface area contributed by atoms with Crippen LogP contribution in [0.1, 0.15) is 27.2 Å². The first-order chi connectivity index (χ1) is 15.4. The minimum Gasteiger partial charge on any atom is -0.457 e. The molecule has 0 radical (unpaired) electrons. The SMILES string of the molecule is Cc1ccc(Oc2ccc(N3C[C@@H](C(=O)OCC(=O)c4cccs4)CC3=O)cc2)cc1C. The summed E-state index contributed by atoms with van der Waals surface area (Å²) < 4.78 is 11.1. The van der Waals surface area contributed by atoms with Crippen molar-refractivity contribution in [2.75, 3.05) is 18.1 Å². The van der Waals surface area contributed by atoms with E-state index in [9.17, 15) is 14.4 Å². The van der Waals surface area contributed by atoms with Crippen molar-refractivity contribution in [3.63, 3.8) is 0 Å². The number of Topliss-reactive ketones (excluding diaryl/α,β-unsaturated/α-hetero) is 1. The average Bonchev–Trinajstić information content (AvgIpc) is 3.45. The predicted molar refractivity (Wildman–Crippen MR) is 123 cm³/mol. The number of hydrogen-bond acceptors (Lipinski definition) is 6. The molecule has 1 aliphatic heterocycles. The van der Waals surface area contributed by atoms with Crippen molar-refractivity contribution in [2.24, 2.45) is 5.92 Å². The fraction of sp³-hybridized carbons (Fsp3) is 0.240. The van der Waals surface area contributed by atoms with Crippen LogP contribution in [-0.4, -0.2) is 30.8 Å². The van der Waals surface area contributed by atoms with Crippen LogP contribution in [0, 0.1) is 19.8 Å². The number of amides is 1. The molecule has 164 valence electrons. The molecular formula is C25H23NO5S. The Hall–Kier alpha value is -3.45. The smallest absolute Gasteiger partial charge is 0.311 e. The summed E-state index contributed by atoms with van der Waals surface area (Å²) in [5.41, 5.74) is 3.04. The maximum Gasteiger partial charge on any atom is 0.311 e. The number of ketones is 1. The quantitative estimate of drug-likeness (QED) is 0.378. The number of esters is 1. The number of rotatable bonds is 7. The molecule has 2 heterocycles. The molecule has 1 fully saturated rings. The zero-order chi connectivity index (χ0) is 22.7. The predicted octanol–water partition coefficient (Wildman–Crippen LogP) is 4.94. The van der Waals surface area contributed by atoms with E-state index in [-0.39, 0.29) is 31.3 Å². The number of aryl methyl sites for hydroxylation is 2. The van der Waals surface area contributed by atoms with E-state index < -0.39 is 11.9 Å². The molecule has 0 unspecified atom stereocenters. The van der Waals surface area contributed by atoms with E-state index in [1.54, 1.807) is 46.7 Å². The molecule has 3 aromatic rings. The molecule has 1 aromatic heterocycles. The lowest BCUT2D eigenvalue weighted by Gasteiger charge is -2.17. The Morgan fingerprint density at radius 1 is 1.03 bits per heavy atom. The zero-order valence-electron chi connectivity index (χ0n) is 17.9. The minimum absolute atomic E-state index is 0.0624. The molecular weight excluding hydrogens is 426 g/mol. The third-order valence-electron chi connectivity index (χ3n) is 5.46. The number of carbonyl (C=O) groups is 3. The van der Waals surface area contributed by atoms with Crippen molar-refractivity contribution < 1.29 is 23.9 Å². The van der Waals surface area contributed by atoms with Crippen LogP contribution in [0.5, 0.6) is 11.5 Å². The zero-order valence-corrected chi connectivity index (χ0v) is 18.7. The van der Waals surface area contributed by atoms with Gasteiger partial charge in [0.25, 0.3) is 0 Å². The van der Waals surface area contributed by atoms with Gasteiger partial charge < -0.3 is 14.4 Å². The number of carbonyl (C=O) groups excluding carboxylic acids is 3. The maximum absolute atomic E-state index is 12.5. The molecule has 0 spiro atoms. The molecule has 0 saturated carbocycles. The Balaban J connectivity index is 1.34. The van der Waals surface area contributed by atoms with Crippen LogP contribution in [-0.2, 0) is 14.3 Å². The number of ether oxygens (including phenoxy) is 2. The summed E-state index contributed by atoms with van der Waals surface area (Å²) in [6.45, 7) is 3.99. The first-order valence-electron chi connectivity index (χ1n) is 10.3. The standard InChI is InChI=1S/C25H23NO5S/c1-16-5-8-21(12-17(16)2)31-20-9-6-19(7-10-20)26-14-18(13-24(26)28)25(29)30-15-22(27)23-4-3-11-32-23/h3-12,18H,13-15H2,1-2H3/t18-/m0/s1. The second-order valence-corrected chi connectivity index (χ2v) is 8.70. The molecule has 7 heteroatoms. The Kier molecular flexibility index (Phi) is 6.37. The van der Waals surface area contributed by atoms with E-state index in [0.29, 0.717) is 16.3 Å². The van der Waals surface area contributed by atoms with Gasteiger partial charge in [0.1, 0.15) is 11.5 Å². The molecule has 32 heavy (non-hydrogen) atoms. The maximum atomic E-state index is 12.5. The Morgan fingerprint density at radius 3 is 2.47 bits per heavy atom. The van der Waals surface area contributed by atoms with Gasteiger partial charge in [-0.1, -0.05) is 12.1 Å². The topological polar surface area (TPSA) is 72.9 Å². The molecule has 1 amide bonds. The van der Waals surface area contributed by atoms with Gasteiger partial charge in [0.05, 0.1) is 10.8 Å². The number of nitrogens with zero attached hydrogens (tertiary/aromatic N) is 1. The van der Waals surface area contributed by atoms with Gasteiger partial charge in [-0.2, -0.15) is 0 Å². The van der Waals surface area contributed by atoms with Crippen molar-refractivity contribution in [1.82, 2.24) is 0 Å². The number of anilines is 1. The van der Waals surface area contributed by atoms with Crippen LogP contribution in [0.4, 0.5) is 5.69 Å². The van der Waals surface area contributed by atoms with Gasteiger partial charge in [0.2, 0.25) is 11.7 Å². The summed E-state index contributed by atoms with van der Waals surface area (Å²) >= 11 is 1.30. The van der Waals surface area contributed by atoms with Gasteiger partial charge in [0.15, 0.2) is 6.61 Å². The van der Waals surface area contributed by atoms with E-state index in [4.69, 9.17) is 9.47 Å². The van der Waals surface area contributed by atoms with Gasteiger partial charge in [-0.05, 0) is 72.8 Å². The lowest BCUT2D eigenvalue weighted by Crippen LogP contribution is -2.27. The number of thiophene rings is 1. The molecule has 0 aliphatic carbocycles. The van der Waals surface area contributed by atoms with Crippen LogP contribution in [0.2, 0.25) is 0 Å². The highest BCUT2D eigenvalue weighted by Gasteiger charge is 2.36. The summed E-state index contributed by atoms with van der Waals surface area (Å²) in [5, 5.41) is 1.79. The molecule has 2 aromatic carbocycles. The summed E-state index contributed by atoms with van der Waals surface area (Å²) in [6, 6.07) is 16.5. The lowest BCUT2D eigenvalue weighted by molar-refractivity contribution is -0.147. The van der Waals surface area contributed by atoms with Crippen molar-refractivity contribution in [3.8, 4) is 11.5 Å². The molecule has 1 saturated heterocycles. The Bertz CT molecular complexity index is 1140. The van der Waals surface area contributed by atoms with Crippen LogP contribution in [0.15, 0.2) is 60.0 Å². The van der Waals surface area contributed by atoms with Crippen molar-refractivity contribution in [3.05, 3.63) is 76.0 Å². The molecule has 4 rings (SSSR count). The Labute approximate surface area is 190 Å². The fourth-order valence-electron chi connectivity index (χ4n) is 3.49. The molecule has 1 atom stereocenters. The van der Waals surface area contributed by atoms with Crippen LogP contribution in [0.3, 0.4) is 0 Å². The summed E-state index contributed by atoms with van der Waals surface area (Å²) in [4.78, 5) is 39.0. The highest BCUT2D eigenvalue weighted by atomic mass is 32.1. The molecule has 0 bridgehead atoms. The van der Waals surface area contributed by atoms with E-state index in [2.05, 4.69) is 0 Å². The normalized spacial score (nSPS) is 15.6.